The quantitative estimate of drug-likeness (QED) is 0.583. The van der Waals surface area contributed by atoms with Crippen LogP contribution in [0.3, 0.4) is 0 Å². The van der Waals surface area contributed by atoms with Gasteiger partial charge in [-0.3, -0.25) is 10.6 Å². The molecular formula is C8H8N2O. The number of nitrogens with zero attached hydrogens (tertiary/aromatic N) is 1. The minimum atomic E-state index is 0.773. The van der Waals surface area contributed by atoms with E-state index in [9.17, 15) is 5.21 Å². The van der Waals surface area contributed by atoms with Crippen LogP contribution >= 0.6 is 0 Å². The van der Waals surface area contributed by atoms with Gasteiger partial charge in [-0.05, 0) is 12.1 Å². The van der Waals surface area contributed by atoms with Crippen LogP contribution in [0.2, 0.25) is 0 Å². The molecule has 3 nitrogen and oxygen atoms in total. The summed E-state index contributed by atoms with van der Waals surface area (Å²) in [6, 6.07) is 7.59. The summed E-state index contributed by atoms with van der Waals surface area (Å²) in [6.07, 6.45) is 3.59. The Labute approximate surface area is 64.5 Å². The first-order chi connectivity index (χ1) is 5.38. The predicted molar refractivity (Wildman–Crippen MR) is 42.9 cm³/mol. The van der Waals surface area contributed by atoms with Crippen molar-refractivity contribution in [2.45, 2.75) is 0 Å². The molecule has 0 aromatic heterocycles. The monoisotopic (exact) mass is 148 g/mol. The standard InChI is InChI=1S/C8H8N2O/c11-10-8-4-2-1-3-7(8)5-6-9-10/h1-6,9,11H. The summed E-state index contributed by atoms with van der Waals surface area (Å²) >= 11 is 0. The van der Waals surface area contributed by atoms with Crippen molar-refractivity contribution >= 4 is 11.8 Å². The van der Waals surface area contributed by atoms with Gasteiger partial charge in [0, 0.05) is 11.8 Å². The Bertz CT molecular complexity index is 296. The van der Waals surface area contributed by atoms with Gasteiger partial charge < -0.3 is 0 Å². The fourth-order valence-corrected chi connectivity index (χ4v) is 1.09. The van der Waals surface area contributed by atoms with Gasteiger partial charge in [0.1, 0.15) is 0 Å². The molecule has 0 saturated heterocycles. The SMILES string of the molecule is ON1NC=Cc2ccccc21. The molecule has 1 heterocycles. The van der Waals surface area contributed by atoms with E-state index in [0.717, 1.165) is 16.4 Å². The highest BCUT2D eigenvalue weighted by atomic mass is 16.5. The fraction of sp³-hybridized carbons (Fsp3) is 0. The van der Waals surface area contributed by atoms with Gasteiger partial charge in [0.25, 0.3) is 0 Å². The topological polar surface area (TPSA) is 35.5 Å². The molecule has 0 fully saturated rings. The predicted octanol–water partition coefficient (Wildman–Crippen LogP) is 1.37. The molecule has 1 aliphatic heterocycles. The van der Waals surface area contributed by atoms with Crippen molar-refractivity contribution in [2.24, 2.45) is 0 Å². The number of fused-ring (bicyclic) bond motifs is 1. The van der Waals surface area contributed by atoms with E-state index in [1.54, 1.807) is 6.20 Å². The van der Waals surface area contributed by atoms with Gasteiger partial charge in [0.15, 0.2) is 0 Å². The van der Waals surface area contributed by atoms with E-state index in [1.165, 1.54) is 0 Å². The first-order valence-corrected chi connectivity index (χ1v) is 3.39. The Hall–Kier alpha value is -1.48. The third-order valence-corrected chi connectivity index (χ3v) is 1.62. The molecule has 3 heteroatoms. The molecule has 0 amide bonds. The van der Waals surface area contributed by atoms with E-state index < -0.39 is 0 Å². The first kappa shape index (κ1) is 6.24. The van der Waals surface area contributed by atoms with Crippen molar-refractivity contribution < 1.29 is 5.21 Å². The molecule has 0 bridgehead atoms. The van der Waals surface area contributed by atoms with E-state index in [1.807, 2.05) is 30.3 Å². The molecule has 0 spiro atoms. The zero-order valence-corrected chi connectivity index (χ0v) is 5.86. The lowest BCUT2D eigenvalue weighted by Gasteiger charge is -2.21. The maximum absolute atomic E-state index is 9.23. The van der Waals surface area contributed by atoms with Crippen LogP contribution in [0.1, 0.15) is 5.56 Å². The molecule has 11 heavy (non-hydrogen) atoms. The van der Waals surface area contributed by atoms with Crippen LogP contribution in [0.25, 0.3) is 6.08 Å². The molecule has 0 atom stereocenters. The molecule has 0 unspecified atom stereocenters. The van der Waals surface area contributed by atoms with E-state index in [4.69, 9.17) is 0 Å². The van der Waals surface area contributed by atoms with E-state index in [2.05, 4.69) is 5.43 Å². The Balaban J connectivity index is 2.54. The van der Waals surface area contributed by atoms with Gasteiger partial charge in [-0.25, -0.2) is 0 Å². The van der Waals surface area contributed by atoms with Crippen LogP contribution in [-0.4, -0.2) is 5.21 Å². The van der Waals surface area contributed by atoms with Gasteiger partial charge in [-0.2, -0.15) is 5.17 Å². The summed E-state index contributed by atoms with van der Waals surface area (Å²) in [6.45, 7) is 0. The van der Waals surface area contributed by atoms with Crippen LogP contribution in [0.15, 0.2) is 30.5 Å². The zero-order chi connectivity index (χ0) is 7.68. The van der Waals surface area contributed by atoms with Crippen LogP contribution in [0, 0.1) is 0 Å². The Morgan fingerprint density at radius 2 is 2.09 bits per heavy atom. The highest BCUT2D eigenvalue weighted by Crippen LogP contribution is 2.21. The highest BCUT2D eigenvalue weighted by molar-refractivity contribution is 5.68. The van der Waals surface area contributed by atoms with Crippen molar-refractivity contribution in [1.29, 1.82) is 0 Å². The van der Waals surface area contributed by atoms with Gasteiger partial charge in [-0.1, -0.05) is 18.2 Å². The molecular weight excluding hydrogens is 140 g/mol. The Morgan fingerprint density at radius 1 is 1.27 bits per heavy atom. The summed E-state index contributed by atoms with van der Waals surface area (Å²) in [5, 5.41) is 10.2. The van der Waals surface area contributed by atoms with Gasteiger partial charge in [0.05, 0.1) is 5.69 Å². The molecule has 56 valence electrons. The second-order valence-corrected chi connectivity index (χ2v) is 2.33. The van der Waals surface area contributed by atoms with E-state index in [0.29, 0.717) is 0 Å². The average Bonchev–Trinajstić information content (AvgIpc) is 2.06. The number of hydrazine groups is 1. The molecule has 2 N–H and O–H groups in total. The van der Waals surface area contributed by atoms with E-state index >= 15 is 0 Å². The Morgan fingerprint density at radius 3 is 2.91 bits per heavy atom. The smallest absolute Gasteiger partial charge is 0.0949 e. The van der Waals surface area contributed by atoms with Gasteiger partial charge >= 0.3 is 0 Å². The molecule has 0 saturated carbocycles. The third-order valence-electron chi connectivity index (χ3n) is 1.62. The summed E-state index contributed by atoms with van der Waals surface area (Å²) in [4.78, 5) is 0. The fourth-order valence-electron chi connectivity index (χ4n) is 1.09. The molecule has 0 aliphatic carbocycles. The van der Waals surface area contributed by atoms with Crippen molar-refractivity contribution in [3.8, 4) is 0 Å². The van der Waals surface area contributed by atoms with Crippen LogP contribution in [0.5, 0.6) is 0 Å². The summed E-state index contributed by atoms with van der Waals surface area (Å²) in [7, 11) is 0. The van der Waals surface area contributed by atoms with Crippen LogP contribution in [-0.2, 0) is 0 Å². The third kappa shape index (κ3) is 0.951. The number of hydrogen-bond donors (Lipinski definition) is 2. The molecule has 2 rings (SSSR count). The maximum Gasteiger partial charge on any atom is 0.0949 e. The summed E-state index contributed by atoms with van der Waals surface area (Å²) in [5.74, 6) is 0. The van der Waals surface area contributed by atoms with Crippen LogP contribution < -0.4 is 10.6 Å². The van der Waals surface area contributed by atoms with Gasteiger partial charge in [0.2, 0.25) is 0 Å². The zero-order valence-electron chi connectivity index (χ0n) is 5.86. The lowest BCUT2D eigenvalue weighted by molar-refractivity contribution is 0.228. The number of para-hydroxylation sites is 1. The van der Waals surface area contributed by atoms with Gasteiger partial charge in [-0.15, -0.1) is 0 Å². The lowest BCUT2D eigenvalue weighted by atomic mass is 10.1. The molecule has 1 aromatic carbocycles. The summed E-state index contributed by atoms with van der Waals surface area (Å²) in [5.41, 5.74) is 4.43. The van der Waals surface area contributed by atoms with Crippen molar-refractivity contribution in [3.05, 3.63) is 36.0 Å². The largest absolute Gasteiger partial charge is 0.282 e. The minimum absolute atomic E-state index is 0.773. The summed E-state index contributed by atoms with van der Waals surface area (Å²) < 4.78 is 0. The first-order valence-electron chi connectivity index (χ1n) is 3.39. The second kappa shape index (κ2) is 2.29. The number of rotatable bonds is 0. The normalized spacial score (nSPS) is 14.1. The van der Waals surface area contributed by atoms with Crippen molar-refractivity contribution in [2.75, 3.05) is 5.17 Å². The van der Waals surface area contributed by atoms with Crippen molar-refractivity contribution in [1.82, 2.24) is 5.43 Å². The highest BCUT2D eigenvalue weighted by Gasteiger charge is 2.07. The average molecular weight is 148 g/mol. The number of hydrogen-bond acceptors (Lipinski definition) is 3. The number of nitrogens with one attached hydrogen (secondary N) is 1. The molecule has 1 aliphatic rings. The lowest BCUT2D eigenvalue weighted by Crippen LogP contribution is -2.32. The van der Waals surface area contributed by atoms with E-state index in [-0.39, 0.29) is 0 Å². The van der Waals surface area contributed by atoms with Crippen molar-refractivity contribution in [3.63, 3.8) is 0 Å². The Kier molecular flexibility index (Phi) is 1.30. The molecule has 1 aromatic rings. The second-order valence-electron chi connectivity index (χ2n) is 2.33. The molecule has 0 radical (unpaired) electrons. The minimum Gasteiger partial charge on any atom is -0.282 e. The number of benzene rings is 1. The van der Waals surface area contributed by atoms with Crippen LogP contribution in [0.4, 0.5) is 5.69 Å². The maximum atomic E-state index is 9.23. The number of anilines is 1.